The maximum atomic E-state index is 12.8. The zero-order chi connectivity index (χ0) is 20.0. The van der Waals surface area contributed by atoms with Gasteiger partial charge in [0.25, 0.3) is 0 Å². The predicted octanol–water partition coefficient (Wildman–Crippen LogP) is 4.05. The van der Waals surface area contributed by atoms with Crippen molar-refractivity contribution in [2.45, 2.75) is 39.0 Å². The minimum Gasteiger partial charge on any atom is -0.359 e. The quantitative estimate of drug-likeness (QED) is 0.824. The van der Waals surface area contributed by atoms with Crippen molar-refractivity contribution in [3.05, 3.63) is 60.2 Å². The number of amides is 2. The molecule has 0 aliphatic carbocycles. The van der Waals surface area contributed by atoms with Crippen LogP contribution in [0.4, 0.5) is 0 Å². The predicted molar refractivity (Wildman–Crippen MR) is 113 cm³/mol. The van der Waals surface area contributed by atoms with Crippen LogP contribution in [0.3, 0.4) is 0 Å². The van der Waals surface area contributed by atoms with E-state index in [0.717, 1.165) is 6.42 Å². The van der Waals surface area contributed by atoms with Crippen LogP contribution >= 0.6 is 0 Å². The van der Waals surface area contributed by atoms with Crippen molar-refractivity contribution in [2.24, 2.45) is 5.41 Å². The Labute approximate surface area is 167 Å². The Balaban J connectivity index is 1.79. The topological polar surface area (TPSA) is 49.4 Å². The molecule has 2 aromatic rings. The van der Waals surface area contributed by atoms with Crippen molar-refractivity contribution >= 4 is 11.8 Å². The highest BCUT2D eigenvalue weighted by Gasteiger charge is 2.41. The molecule has 1 aliphatic rings. The second-order valence-electron chi connectivity index (χ2n) is 7.73. The maximum Gasteiger partial charge on any atom is 0.226 e. The third-order valence-corrected chi connectivity index (χ3v) is 5.82. The van der Waals surface area contributed by atoms with Gasteiger partial charge in [-0.05, 0) is 42.4 Å². The zero-order valence-electron chi connectivity index (χ0n) is 16.9. The molecule has 0 atom stereocenters. The van der Waals surface area contributed by atoms with E-state index >= 15 is 0 Å². The van der Waals surface area contributed by atoms with E-state index < -0.39 is 5.41 Å². The molecule has 1 aliphatic heterocycles. The number of likely N-dealkylation sites (tertiary alicyclic amines) is 1. The molecule has 1 heterocycles. The third kappa shape index (κ3) is 4.44. The molecule has 4 heteroatoms. The van der Waals surface area contributed by atoms with Crippen LogP contribution in [-0.2, 0) is 16.0 Å². The molecule has 0 radical (unpaired) electrons. The van der Waals surface area contributed by atoms with Gasteiger partial charge in [0.1, 0.15) is 0 Å². The van der Waals surface area contributed by atoms with Crippen LogP contribution in [0.15, 0.2) is 54.6 Å². The molecule has 148 valence electrons. The minimum absolute atomic E-state index is 0.0835. The number of nitrogens with one attached hydrogen (secondary N) is 1. The Morgan fingerprint density at radius 1 is 1.00 bits per heavy atom. The van der Waals surface area contributed by atoms with Crippen LogP contribution in [0.5, 0.6) is 0 Å². The van der Waals surface area contributed by atoms with Crippen LogP contribution < -0.4 is 5.32 Å². The smallest absolute Gasteiger partial charge is 0.226 e. The standard InChI is InChI=1S/C24H30N2O2/c1-3-8-22(27)26-15-13-24(14-16-26,23(28)25-2)18-19-9-7-12-21(17-19)20-10-5-4-6-11-20/h4-7,9-12,17H,3,8,13-16,18H2,1-2H3,(H,25,28). The van der Waals surface area contributed by atoms with Gasteiger partial charge in [0.2, 0.25) is 11.8 Å². The lowest BCUT2D eigenvalue weighted by atomic mass is 9.72. The van der Waals surface area contributed by atoms with Crippen LogP contribution in [0.2, 0.25) is 0 Å². The van der Waals surface area contributed by atoms with Gasteiger partial charge in [0.05, 0.1) is 5.41 Å². The molecular weight excluding hydrogens is 348 g/mol. The Kier molecular flexibility index (Phi) is 6.50. The third-order valence-electron chi connectivity index (χ3n) is 5.82. The van der Waals surface area contributed by atoms with Gasteiger partial charge in [-0.3, -0.25) is 9.59 Å². The monoisotopic (exact) mass is 378 g/mol. The minimum atomic E-state index is -0.451. The zero-order valence-corrected chi connectivity index (χ0v) is 16.9. The summed E-state index contributed by atoms with van der Waals surface area (Å²) in [7, 11) is 1.71. The van der Waals surface area contributed by atoms with Crippen LogP contribution in [0, 0.1) is 5.41 Å². The molecule has 0 saturated carbocycles. The summed E-state index contributed by atoms with van der Waals surface area (Å²) < 4.78 is 0. The van der Waals surface area contributed by atoms with E-state index in [0.29, 0.717) is 38.8 Å². The highest BCUT2D eigenvalue weighted by molar-refractivity contribution is 5.83. The molecule has 3 rings (SSSR count). The number of rotatable bonds is 6. The SMILES string of the molecule is CCCC(=O)N1CCC(Cc2cccc(-c3ccccc3)c2)(C(=O)NC)CC1. The number of carbonyl (C=O) groups is 2. The molecule has 1 fully saturated rings. The normalized spacial score (nSPS) is 15.9. The molecule has 0 aromatic heterocycles. The summed E-state index contributed by atoms with van der Waals surface area (Å²) in [4.78, 5) is 27.0. The Morgan fingerprint density at radius 3 is 2.32 bits per heavy atom. The van der Waals surface area contributed by atoms with Crippen molar-refractivity contribution in [3.63, 3.8) is 0 Å². The number of carbonyl (C=O) groups excluding carboxylic acids is 2. The van der Waals surface area contributed by atoms with E-state index in [1.807, 2.05) is 30.0 Å². The number of hydrogen-bond donors (Lipinski definition) is 1. The van der Waals surface area contributed by atoms with Crippen LogP contribution in [0.25, 0.3) is 11.1 Å². The molecule has 2 aromatic carbocycles. The van der Waals surface area contributed by atoms with Gasteiger partial charge < -0.3 is 10.2 Å². The molecular formula is C24H30N2O2. The van der Waals surface area contributed by atoms with Crippen molar-refractivity contribution < 1.29 is 9.59 Å². The summed E-state index contributed by atoms with van der Waals surface area (Å²) in [6, 6.07) is 18.8. The van der Waals surface area contributed by atoms with Gasteiger partial charge in [0, 0.05) is 26.6 Å². The van der Waals surface area contributed by atoms with Gasteiger partial charge in [-0.2, -0.15) is 0 Å². The Morgan fingerprint density at radius 2 is 1.68 bits per heavy atom. The summed E-state index contributed by atoms with van der Waals surface area (Å²) >= 11 is 0. The average Bonchev–Trinajstić information content (AvgIpc) is 2.74. The summed E-state index contributed by atoms with van der Waals surface area (Å²) in [5.74, 6) is 0.291. The van der Waals surface area contributed by atoms with Crippen molar-refractivity contribution in [2.75, 3.05) is 20.1 Å². The van der Waals surface area contributed by atoms with Gasteiger partial charge in [-0.25, -0.2) is 0 Å². The number of piperidine rings is 1. The lowest BCUT2D eigenvalue weighted by molar-refractivity contribution is -0.140. The lowest BCUT2D eigenvalue weighted by Crippen LogP contribution is -2.50. The highest BCUT2D eigenvalue weighted by Crippen LogP contribution is 2.36. The summed E-state index contributed by atoms with van der Waals surface area (Å²) in [5.41, 5.74) is 3.06. The average molecular weight is 379 g/mol. The van der Waals surface area contributed by atoms with Crippen LogP contribution in [0.1, 0.15) is 38.2 Å². The first-order valence-corrected chi connectivity index (χ1v) is 10.2. The second kappa shape index (κ2) is 9.05. The molecule has 0 bridgehead atoms. The first kappa shape index (κ1) is 20.1. The molecule has 2 amide bonds. The fourth-order valence-corrected chi connectivity index (χ4v) is 4.19. The largest absolute Gasteiger partial charge is 0.359 e. The van der Waals surface area contributed by atoms with Gasteiger partial charge in [-0.1, -0.05) is 61.5 Å². The van der Waals surface area contributed by atoms with E-state index in [4.69, 9.17) is 0 Å². The molecule has 0 unspecified atom stereocenters. The van der Waals surface area contributed by atoms with E-state index in [-0.39, 0.29) is 11.8 Å². The van der Waals surface area contributed by atoms with Gasteiger partial charge in [0.15, 0.2) is 0 Å². The summed E-state index contributed by atoms with van der Waals surface area (Å²) in [5, 5.41) is 2.87. The maximum absolute atomic E-state index is 12.8. The van der Waals surface area contributed by atoms with Gasteiger partial charge >= 0.3 is 0 Å². The molecule has 1 saturated heterocycles. The summed E-state index contributed by atoms with van der Waals surface area (Å²) in [6.07, 6.45) is 3.56. The molecule has 4 nitrogen and oxygen atoms in total. The molecule has 0 spiro atoms. The lowest BCUT2D eigenvalue weighted by Gasteiger charge is -2.40. The molecule has 28 heavy (non-hydrogen) atoms. The number of nitrogens with zero attached hydrogens (tertiary/aromatic N) is 1. The van der Waals surface area contributed by atoms with Gasteiger partial charge in [-0.15, -0.1) is 0 Å². The highest BCUT2D eigenvalue weighted by atomic mass is 16.2. The molecule has 1 N–H and O–H groups in total. The number of benzene rings is 2. The van der Waals surface area contributed by atoms with E-state index in [9.17, 15) is 9.59 Å². The van der Waals surface area contributed by atoms with Crippen LogP contribution in [-0.4, -0.2) is 36.9 Å². The van der Waals surface area contributed by atoms with E-state index in [2.05, 4.69) is 41.7 Å². The number of hydrogen-bond acceptors (Lipinski definition) is 2. The first-order valence-electron chi connectivity index (χ1n) is 10.2. The first-order chi connectivity index (χ1) is 13.6. The van der Waals surface area contributed by atoms with E-state index in [1.165, 1.54) is 16.7 Å². The van der Waals surface area contributed by atoms with Crippen molar-refractivity contribution in [1.82, 2.24) is 10.2 Å². The Hall–Kier alpha value is -2.62. The van der Waals surface area contributed by atoms with Crippen molar-refractivity contribution in [3.8, 4) is 11.1 Å². The Bertz CT molecular complexity index is 808. The fraction of sp³-hybridized carbons (Fsp3) is 0.417. The second-order valence-corrected chi connectivity index (χ2v) is 7.73. The van der Waals surface area contributed by atoms with E-state index in [1.54, 1.807) is 7.05 Å². The van der Waals surface area contributed by atoms with Crippen molar-refractivity contribution in [1.29, 1.82) is 0 Å². The fourth-order valence-electron chi connectivity index (χ4n) is 4.19. The summed E-state index contributed by atoms with van der Waals surface area (Å²) in [6.45, 7) is 3.34.